The van der Waals surface area contributed by atoms with Crippen molar-refractivity contribution >= 4 is 58.3 Å². The van der Waals surface area contributed by atoms with E-state index in [-0.39, 0.29) is 29.3 Å². The molecule has 0 unspecified atom stereocenters. The van der Waals surface area contributed by atoms with E-state index < -0.39 is 34.1 Å². The van der Waals surface area contributed by atoms with E-state index in [1.807, 2.05) is 6.92 Å². The van der Waals surface area contributed by atoms with Crippen molar-refractivity contribution < 1.29 is 24.4 Å². The monoisotopic (exact) mass is 525 g/mol. The zero-order valence-corrected chi connectivity index (χ0v) is 20.6. The van der Waals surface area contributed by atoms with Crippen LogP contribution in [0, 0.1) is 30.9 Å². The number of aryl methyl sites for hydroxylation is 2. The zero-order valence-electron chi connectivity index (χ0n) is 18.2. The van der Waals surface area contributed by atoms with Gasteiger partial charge in [0.2, 0.25) is 5.91 Å². The molecule has 180 valence electrons. The molecule has 0 spiro atoms. The van der Waals surface area contributed by atoms with Gasteiger partial charge in [-0.3, -0.25) is 29.3 Å². The minimum absolute atomic E-state index is 0.0674. The molecule has 16 heteroatoms. The van der Waals surface area contributed by atoms with Crippen molar-refractivity contribution in [3.05, 3.63) is 37.8 Å². The maximum atomic E-state index is 12.8. The molecule has 2 aromatic heterocycles. The molecule has 2 aromatic rings. The fourth-order valence-electron chi connectivity index (χ4n) is 3.74. The Morgan fingerprint density at radius 2 is 2.06 bits per heavy atom. The summed E-state index contributed by atoms with van der Waals surface area (Å²) in [5.41, 5.74) is 0.790. The van der Waals surface area contributed by atoms with Crippen LogP contribution in [0.3, 0.4) is 0 Å². The molecule has 0 bridgehead atoms. The molecule has 0 aromatic carbocycles. The number of hydrogen-bond donors (Lipinski definition) is 2. The highest BCUT2D eigenvalue weighted by atomic mass is 32.2. The first-order valence-electron chi connectivity index (χ1n) is 9.89. The Kier molecular flexibility index (Phi) is 6.64. The van der Waals surface area contributed by atoms with Crippen LogP contribution >= 0.6 is 34.9 Å². The van der Waals surface area contributed by atoms with Gasteiger partial charge >= 0.3 is 11.7 Å². The fourth-order valence-corrected chi connectivity index (χ4v) is 7.04. The maximum Gasteiger partial charge on any atom is 0.352 e. The summed E-state index contributed by atoms with van der Waals surface area (Å²) in [5, 5.41) is 35.8. The molecule has 2 amide bonds. The topological polar surface area (TPSA) is 173 Å². The van der Waals surface area contributed by atoms with Gasteiger partial charge in [0.05, 0.1) is 4.92 Å². The second-order valence-electron chi connectivity index (χ2n) is 7.52. The second kappa shape index (κ2) is 9.34. The number of fused-ring (bicyclic) bond motifs is 1. The van der Waals surface area contributed by atoms with Gasteiger partial charge < -0.3 is 10.4 Å². The van der Waals surface area contributed by atoms with Gasteiger partial charge in [-0.25, -0.2) is 4.79 Å². The molecule has 34 heavy (non-hydrogen) atoms. The van der Waals surface area contributed by atoms with Crippen molar-refractivity contribution in [3.63, 3.8) is 0 Å². The lowest BCUT2D eigenvalue weighted by molar-refractivity contribution is -0.386. The van der Waals surface area contributed by atoms with Crippen molar-refractivity contribution in [2.75, 3.05) is 11.5 Å². The number of carboxylic acid groups (broad SMARTS) is 1. The summed E-state index contributed by atoms with van der Waals surface area (Å²) in [5.74, 6) is -1.53. The summed E-state index contributed by atoms with van der Waals surface area (Å²) < 4.78 is 1.93. The standard InChI is InChI=1S/C18H19N7O6S3/c1-7-13(25(30)31)8(2)23(22-7)4-11(26)19-12-15(27)24-14(17(28)29)10(5-32-16(12)24)6-33-18-21-20-9(3)34-18/h12,16H,4-6H2,1-3H3,(H,19,26)(H,28,29)/t12-,16-/m0/s1. The molecule has 13 nitrogen and oxygen atoms in total. The van der Waals surface area contributed by atoms with Crippen LogP contribution in [0.4, 0.5) is 5.69 Å². The summed E-state index contributed by atoms with van der Waals surface area (Å²) in [4.78, 5) is 49.1. The van der Waals surface area contributed by atoms with E-state index in [4.69, 9.17) is 0 Å². The predicted molar refractivity (Wildman–Crippen MR) is 123 cm³/mol. The van der Waals surface area contributed by atoms with Crippen molar-refractivity contribution in [2.45, 2.75) is 43.1 Å². The van der Waals surface area contributed by atoms with Crippen LogP contribution in [0.5, 0.6) is 0 Å². The number of nitrogens with one attached hydrogen (secondary N) is 1. The minimum atomic E-state index is -1.21. The first-order valence-corrected chi connectivity index (χ1v) is 12.7. The Hall–Kier alpha value is -2.98. The smallest absolute Gasteiger partial charge is 0.352 e. The third-order valence-corrected chi connectivity index (χ3v) is 8.66. The van der Waals surface area contributed by atoms with Gasteiger partial charge in [-0.05, 0) is 26.3 Å². The number of aromatic nitrogens is 4. The number of nitrogens with zero attached hydrogens (tertiary/aromatic N) is 6. The van der Waals surface area contributed by atoms with Gasteiger partial charge in [-0.2, -0.15) is 5.10 Å². The number of rotatable bonds is 8. The van der Waals surface area contributed by atoms with Gasteiger partial charge in [0, 0.05) is 11.5 Å². The van der Waals surface area contributed by atoms with Crippen molar-refractivity contribution in [2.24, 2.45) is 0 Å². The van der Waals surface area contributed by atoms with Crippen molar-refractivity contribution in [3.8, 4) is 0 Å². The Balaban J connectivity index is 1.44. The zero-order chi connectivity index (χ0) is 24.7. The van der Waals surface area contributed by atoms with Crippen LogP contribution in [-0.4, -0.2) is 75.6 Å². The molecule has 0 radical (unpaired) electrons. The van der Waals surface area contributed by atoms with Crippen LogP contribution < -0.4 is 5.32 Å². The number of amides is 2. The van der Waals surface area contributed by atoms with Gasteiger partial charge in [0.15, 0.2) is 4.34 Å². The number of carboxylic acids is 1. The lowest BCUT2D eigenvalue weighted by atomic mass is 10.0. The number of nitro groups is 1. The number of carbonyl (C=O) groups excluding carboxylic acids is 2. The van der Waals surface area contributed by atoms with Crippen LogP contribution in [-0.2, 0) is 20.9 Å². The molecule has 2 atom stereocenters. The number of aliphatic carboxylic acids is 1. The van der Waals surface area contributed by atoms with Gasteiger partial charge in [0.1, 0.15) is 40.1 Å². The SMILES string of the molecule is Cc1nnc(SCC2=C(C(=O)O)N3C(=O)[C@H](NC(=O)Cn4nc(C)c([N+](=O)[O-])c4C)[C@@H]3SC2)s1. The van der Waals surface area contributed by atoms with E-state index in [1.54, 1.807) is 0 Å². The molecular weight excluding hydrogens is 506 g/mol. The van der Waals surface area contributed by atoms with Gasteiger partial charge in [0.25, 0.3) is 5.91 Å². The molecule has 1 saturated heterocycles. The van der Waals surface area contributed by atoms with E-state index in [1.165, 1.54) is 58.3 Å². The lowest BCUT2D eigenvalue weighted by Crippen LogP contribution is -2.70. The van der Waals surface area contributed by atoms with E-state index in [9.17, 15) is 29.6 Å². The largest absolute Gasteiger partial charge is 0.477 e. The summed E-state index contributed by atoms with van der Waals surface area (Å²) in [7, 11) is 0. The Morgan fingerprint density at radius 1 is 1.32 bits per heavy atom. The first kappa shape index (κ1) is 24.2. The summed E-state index contributed by atoms with van der Waals surface area (Å²) in [6, 6.07) is -0.890. The maximum absolute atomic E-state index is 12.8. The molecular formula is C18H19N7O6S3. The Labute approximate surface area is 205 Å². The highest BCUT2D eigenvalue weighted by Gasteiger charge is 2.54. The normalized spacial score (nSPS) is 19.6. The summed E-state index contributed by atoms with van der Waals surface area (Å²) >= 11 is 4.14. The highest BCUT2D eigenvalue weighted by Crippen LogP contribution is 2.41. The van der Waals surface area contributed by atoms with Crippen molar-refractivity contribution in [1.82, 2.24) is 30.2 Å². The number of β-lactam (4-membered cyclic amide) rings is 1. The highest BCUT2D eigenvalue weighted by molar-refractivity contribution is 8.01. The van der Waals surface area contributed by atoms with E-state index >= 15 is 0 Å². The fraction of sp³-hybridized carbons (Fsp3) is 0.444. The average molecular weight is 526 g/mol. The van der Waals surface area contributed by atoms with Gasteiger partial charge in [-0.15, -0.1) is 22.0 Å². The van der Waals surface area contributed by atoms with Crippen LogP contribution in [0.1, 0.15) is 16.4 Å². The lowest BCUT2D eigenvalue weighted by Gasteiger charge is -2.49. The molecule has 2 aliphatic heterocycles. The average Bonchev–Trinajstić information content (AvgIpc) is 3.31. The Morgan fingerprint density at radius 3 is 2.65 bits per heavy atom. The minimum Gasteiger partial charge on any atom is -0.477 e. The van der Waals surface area contributed by atoms with Crippen molar-refractivity contribution in [1.29, 1.82) is 0 Å². The number of hydrogen-bond acceptors (Lipinski definition) is 11. The van der Waals surface area contributed by atoms with Gasteiger partial charge in [-0.1, -0.05) is 23.1 Å². The molecule has 0 aliphatic carbocycles. The molecule has 2 N–H and O–H groups in total. The quantitative estimate of drug-likeness (QED) is 0.219. The Bertz CT molecular complexity index is 1240. The molecule has 4 heterocycles. The molecule has 0 saturated carbocycles. The third-order valence-electron chi connectivity index (χ3n) is 5.26. The van der Waals surface area contributed by atoms with Crippen LogP contribution in [0.25, 0.3) is 0 Å². The second-order valence-corrected chi connectivity index (χ2v) is 11.0. The molecule has 2 aliphatic rings. The summed E-state index contributed by atoms with van der Waals surface area (Å²) in [6.07, 6.45) is 0. The van der Waals surface area contributed by atoms with E-state index in [2.05, 4.69) is 20.6 Å². The van der Waals surface area contributed by atoms with Crippen LogP contribution in [0.15, 0.2) is 15.6 Å². The van der Waals surface area contributed by atoms with E-state index in [0.717, 1.165) is 5.01 Å². The van der Waals surface area contributed by atoms with Crippen LogP contribution in [0.2, 0.25) is 0 Å². The summed E-state index contributed by atoms with van der Waals surface area (Å²) in [6.45, 7) is 4.50. The number of carbonyl (C=O) groups is 3. The third kappa shape index (κ3) is 4.39. The predicted octanol–water partition coefficient (Wildman–Crippen LogP) is 1.10. The van der Waals surface area contributed by atoms with E-state index in [0.29, 0.717) is 21.4 Å². The molecule has 1 fully saturated rings. The first-order chi connectivity index (χ1) is 16.1. The number of thioether (sulfide) groups is 2. The molecule has 4 rings (SSSR count).